The molecule has 1 rings (SSSR count). The van der Waals surface area contributed by atoms with Crippen LogP contribution >= 0.6 is 0 Å². The first kappa shape index (κ1) is 20.4. The summed E-state index contributed by atoms with van der Waals surface area (Å²) < 4.78 is 9.75. The molecule has 0 radical (unpaired) electrons. The number of esters is 2. The molecule has 6 nitrogen and oxygen atoms in total. The van der Waals surface area contributed by atoms with Crippen LogP contribution in [0.3, 0.4) is 0 Å². The highest BCUT2D eigenvalue weighted by molar-refractivity contribution is 5.97. The highest BCUT2D eigenvalue weighted by Gasteiger charge is 2.54. The Morgan fingerprint density at radius 2 is 2.16 bits per heavy atom. The van der Waals surface area contributed by atoms with Crippen LogP contribution in [0.5, 0.6) is 0 Å². The molecule has 0 saturated carbocycles. The number of rotatable bonds is 8. The second kappa shape index (κ2) is 7.93. The number of ether oxygens (including phenoxy) is 2. The molecule has 0 spiro atoms. The molecule has 25 heavy (non-hydrogen) atoms. The van der Waals surface area contributed by atoms with Gasteiger partial charge >= 0.3 is 11.9 Å². The van der Waals surface area contributed by atoms with Crippen molar-refractivity contribution in [2.45, 2.75) is 33.1 Å². The third-order valence-electron chi connectivity index (χ3n) is 4.42. The minimum absolute atomic E-state index is 0.0231. The van der Waals surface area contributed by atoms with Crippen molar-refractivity contribution < 1.29 is 23.9 Å². The summed E-state index contributed by atoms with van der Waals surface area (Å²) in [7, 11) is 1.20. The summed E-state index contributed by atoms with van der Waals surface area (Å²) in [5.74, 6) is -1.31. The van der Waals surface area contributed by atoms with Crippen molar-refractivity contribution in [2.24, 2.45) is 10.8 Å². The zero-order chi connectivity index (χ0) is 19.3. The minimum atomic E-state index is -1.61. The van der Waals surface area contributed by atoms with Crippen LogP contribution < -0.4 is 0 Å². The molecule has 0 bridgehead atoms. The summed E-state index contributed by atoms with van der Waals surface area (Å²) in [6.07, 6.45) is 3.39. The molecule has 6 heteroatoms. The molecule has 0 saturated heterocycles. The van der Waals surface area contributed by atoms with E-state index in [1.54, 1.807) is 13.0 Å². The van der Waals surface area contributed by atoms with Gasteiger partial charge in [-0.25, -0.2) is 4.79 Å². The Morgan fingerprint density at radius 1 is 1.52 bits per heavy atom. The maximum Gasteiger partial charge on any atom is 0.330 e. The van der Waals surface area contributed by atoms with Gasteiger partial charge in [0.1, 0.15) is 12.4 Å². The van der Waals surface area contributed by atoms with E-state index in [4.69, 9.17) is 9.47 Å². The minimum Gasteiger partial charge on any atom is -0.468 e. The second-order valence-corrected chi connectivity index (χ2v) is 6.29. The number of Topliss-reactive ketones (excluding diaryl/α,β-unsaturated/α-hetero) is 1. The molecule has 0 aromatic carbocycles. The zero-order valence-corrected chi connectivity index (χ0v) is 14.9. The number of carbonyl (C=O) groups excluding carboxylic acids is 3. The lowest BCUT2D eigenvalue weighted by Crippen LogP contribution is -2.40. The Balaban J connectivity index is 3.27. The zero-order valence-electron chi connectivity index (χ0n) is 14.9. The maximum atomic E-state index is 12.6. The Hall–Kier alpha value is -2.68. The monoisotopic (exact) mass is 345 g/mol. The number of nitriles is 1. The molecular formula is C19H23NO5. The van der Waals surface area contributed by atoms with Crippen molar-refractivity contribution >= 4 is 17.7 Å². The fourth-order valence-electron chi connectivity index (χ4n) is 3.23. The van der Waals surface area contributed by atoms with E-state index in [1.807, 2.05) is 6.07 Å². The fourth-order valence-corrected chi connectivity index (χ4v) is 3.23. The molecule has 0 aliphatic heterocycles. The lowest BCUT2D eigenvalue weighted by atomic mass is 9.65. The van der Waals surface area contributed by atoms with E-state index in [-0.39, 0.29) is 31.7 Å². The third-order valence-corrected chi connectivity index (χ3v) is 4.42. The van der Waals surface area contributed by atoms with Crippen molar-refractivity contribution in [1.82, 2.24) is 0 Å². The molecule has 1 aliphatic carbocycles. The van der Waals surface area contributed by atoms with E-state index in [1.165, 1.54) is 20.1 Å². The Bertz CT molecular complexity index is 684. The molecule has 2 unspecified atom stereocenters. The van der Waals surface area contributed by atoms with Crippen LogP contribution in [0, 0.1) is 22.2 Å². The van der Waals surface area contributed by atoms with Gasteiger partial charge in [-0.15, -0.1) is 6.58 Å². The van der Waals surface area contributed by atoms with Gasteiger partial charge in [0.05, 0.1) is 18.6 Å². The van der Waals surface area contributed by atoms with Crippen LogP contribution in [0.1, 0.15) is 33.1 Å². The molecule has 0 aromatic heterocycles. The molecule has 0 fully saturated rings. The van der Waals surface area contributed by atoms with Crippen LogP contribution in [0.25, 0.3) is 0 Å². The fraction of sp³-hybridized carbons (Fsp3) is 0.474. The van der Waals surface area contributed by atoms with Crippen molar-refractivity contribution in [3.8, 4) is 6.07 Å². The highest BCUT2D eigenvalue weighted by Crippen LogP contribution is 2.51. The van der Waals surface area contributed by atoms with Gasteiger partial charge in [0.25, 0.3) is 0 Å². The number of ketones is 1. The summed E-state index contributed by atoms with van der Waals surface area (Å²) in [5.41, 5.74) is -1.79. The van der Waals surface area contributed by atoms with E-state index < -0.39 is 22.8 Å². The van der Waals surface area contributed by atoms with Crippen molar-refractivity contribution in [3.05, 3.63) is 36.5 Å². The van der Waals surface area contributed by atoms with Crippen LogP contribution in [0.4, 0.5) is 0 Å². The van der Waals surface area contributed by atoms with Crippen molar-refractivity contribution in [1.29, 1.82) is 5.26 Å². The topological polar surface area (TPSA) is 93.5 Å². The standard InChI is InChI=1S/C19H23NO5/c1-6-9-19(12-20,17(23)24-5)15-7-8-16(22)18(15,4)10-13(2)11-25-14(3)21/h6-7H,1-2,8-11H2,3-5H3. The first-order chi connectivity index (χ1) is 11.7. The predicted octanol–water partition coefficient (Wildman–Crippen LogP) is 2.66. The number of carbonyl (C=O) groups is 3. The second-order valence-electron chi connectivity index (χ2n) is 6.29. The Kier molecular flexibility index (Phi) is 6.46. The van der Waals surface area contributed by atoms with Gasteiger partial charge in [-0.1, -0.05) is 18.7 Å². The molecule has 0 amide bonds. The highest BCUT2D eigenvalue weighted by atomic mass is 16.5. The van der Waals surface area contributed by atoms with E-state index in [9.17, 15) is 19.6 Å². The van der Waals surface area contributed by atoms with E-state index in [0.29, 0.717) is 11.1 Å². The molecule has 134 valence electrons. The molecule has 1 aliphatic rings. The summed E-state index contributed by atoms with van der Waals surface area (Å²) in [6.45, 7) is 10.4. The average Bonchev–Trinajstić information content (AvgIpc) is 2.85. The number of hydrogen-bond acceptors (Lipinski definition) is 6. The van der Waals surface area contributed by atoms with Gasteiger partial charge in [0, 0.05) is 13.3 Å². The van der Waals surface area contributed by atoms with Crippen molar-refractivity contribution in [2.75, 3.05) is 13.7 Å². The van der Waals surface area contributed by atoms with E-state index >= 15 is 0 Å². The third kappa shape index (κ3) is 3.87. The molecule has 0 aromatic rings. The van der Waals surface area contributed by atoms with E-state index in [2.05, 4.69) is 13.2 Å². The number of methoxy groups -OCH3 is 1. The summed E-state index contributed by atoms with van der Waals surface area (Å²) in [5, 5.41) is 9.76. The first-order valence-electron chi connectivity index (χ1n) is 7.83. The summed E-state index contributed by atoms with van der Waals surface area (Å²) >= 11 is 0. The molecular weight excluding hydrogens is 322 g/mol. The van der Waals surface area contributed by atoms with Gasteiger partial charge in [-0.05, 0) is 30.9 Å². The van der Waals surface area contributed by atoms with Gasteiger partial charge in [0.15, 0.2) is 5.41 Å². The quantitative estimate of drug-likeness (QED) is 0.496. The van der Waals surface area contributed by atoms with Gasteiger partial charge in [0.2, 0.25) is 0 Å². The van der Waals surface area contributed by atoms with Crippen LogP contribution in [0.15, 0.2) is 36.5 Å². The Labute approximate surface area is 147 Å². The van der Waals surface area contributed by atoms with Gasteiger partial charge in [-0.2, -0.15) is 5.26 Å². The van der Waals surface area contributed by atoms with Gasteiger partial charge < -0.3 is 9.47 Å². The summed E-state index contributed by atoms with van der Waals surface area (Å²) in [6, 6.07) is 2.03. The Morgan fingerprint density at radius 3 is 2.64 bits per heavy atom. The lowest BCUT2D eigenvalue weighted by molar-refractivity contribution is -0.148. The van der Waals surface area contributed by atoms with Crippen LogP contribution in [-0.4, -0.2) is 31.4 Å². The average molecular weight is 345 g/mol. The predicted molar refractivity (Wildman–Crippen MR) is 91.1 cm³/mol. The van der Waals surface area contributed by atoms with E-state index in [0.717, 1.165) is 0 Å². The molecule has 0 heterocycles. The normalized spacial score (nSPS) is 21.5. The molecule has 2 atom stereocenters. The van der Waals surface area contributed by atoms with Crippen molar-refractivity contribution in [3.63, 3.8) is 0 Å². The first-order valence-corrected chi connectivity index (χ1v) is 7.83. The lowest BCUT2D eigenvalue weighted by Gasteiger charge is -2.35. The number of hydrogen-bond donors (Lipinski definition) is 0. The number of allylic oxidation sites excluding steroid dienone is 2. The smallest absolute Gasteiger partial charge is 0.330 e. The largest absolute Gasteiger partial charge is 0.468 e. The van der Waals surface area contributed by atoms with Gasteiger partial charge in [-0.3, -0.25) is 9.59 Å². The summed E-state index contributed by atoms with van der Waals surface area (Å²) in [4.78, 5) is 35.9. The van der Waals surface area contributed by atoms with Crippen LogP contribution in [-0.2, 0) is 23.9 Å². The molecule has 0 N–H and O–H groups in total. The number of nitrogens with zero attached hydrogens (tertiary/aromatic N) is 1. The van der Waals surface area contributed by atoms with Crippen LogP contribution in [0.2, 0.25) is 0 Å². The maximum absolute atomic E-state index is 12.6. The SMILES string of the molecule is C=CCC(C#N)(C(=O)OC)C1=CCC(=O)C1(C)CC(=C)COC(C)=O.